The number of hydrogen-bond donors (Lipinski definition) is 1. The molecule has 0 aromatic heterocycles. The molecule has 1 heterocycles. The molecule has 1 aromatic rings. The lowest BCUT2D eigenvalue weighted by Gasteiger charge is -2.37. The van der Waals surface area contributed by atoms with Crippen molar-refractivity contribution < 1.29 is 9.18 Å². The molecule has 0 spiro atoms. The summed E-state index contributed by atoms with van der Waals surface area (Å²) in [7, 11) is 0. The minimum absolute atomic E-state index is 0.0372. The van der Waals surface area contributed by atoms with Gasteiger partial charge < -0.3 is 15.5 Å². The van der Waals surface area contributed by atoms with Crippen LogP contribution in [0.15, 0.2) is 18.2 Å². The molecule has 4 nitrogen and oxygen atoms in total. The summed E-state index contributed by atoms with van der Waals surface area (Å²) in [6, 6.07) is 3.89. The van der Waals surface area contributed by atoms with Crippen molar-refractivity contribution in [2.75, 3.05) is 31.1 Å². The van der Waals surface area contributed by atoms with E-state index in [0.717, 1.165) is 5.69 Å². The molecule has 0 aliphatic carbocycles. The van der Waals surface area contributed by atoms with E-state index in [0.29, 0.717) is 31.2 Å². The highest BCUT2D eigenvalue weighted by Gasteiger charge is 2.24. The third-order valence-electron chi connectivity index (χ3n) is 3.23. The lowest BCUT2D eigenvalue weighted by Crippen LogP contribution is -2.52. The van der Waals surface area contributed by atoms with Gasteiger partial charge in [-0.25, -0.2) is 4.39 Å². The number of rotatable bonds is 2. The highest BCUT2D eigenvalue weighted by molar-refractivity contribution is 6.33. The third kappa shape index (κ3) is 3.16. The van der Waals surface area contributed by atoms with Gasteiger partial charge >= 0.3 is 0 Å². The van der Waals surface area contributed by atoms with Crippen molar-refractivity contribution in [3.8, 4) is 0 Å². The summed E-state index contributed by atoms with van der Waals surface area (Å²) in [5.41, 5.74) is 6.39. The van der Waals surface area contributed by atoms with E-state index in [2.05, 4.69) is 0 Å². The minimum atomic E-state index is -0.471. The van der Waals surface area contributed by atoms with E-state index in [4.69, 9.17) is 17.3 Å². The first-order valence-electron chi connectivity index (χ1n) is 6.23. The van der Waals surface area contributed by atoms with Crippen molar-refractivity contribution in [1.82, 2.24) is 4.90 Å². The van der Waals surface area contributed by atoms with Gasteiger partial charge in [0.15, 0.2) is 0 Å². The number of amides is 1. The largest absolute Gasteiger partial charge is 0.367 e. The molecule has 0 bridgehead atoms. The molecular weight excluding hydrogens is 269 g/mol. The van der Waals surface area contributed by atoms with E-state index in [1.165, 1.54) is 12.1 Å². The van der Waals surface area contributed by atoms with Gasteiger partial charge in [0.1, 0.15) is 5.82 Å². The summed E-state index contributed by atoms with van der Waals surface area (Å²) >= 11 is 6.03. The summed E-state index contributed by atoms with van der Waals surface area (Å²) in [5.74, 6) is -0.385. The topological polar surface area (TPSA) is 49.6 Å². The molecule has 1 aromatic carbocycles. The minimum Gasteiger partial charge on any atom is -0.367 e. The van der Waals surface area contributed by atoms with Gasteiger partial charge in [-0.15, -0.1) is 0 Å². The Balaban J connectivity index is 2.02. The maximum atomic E-state index is 13.0. The third-order valence-corrected chi connectivity index (χ3v) is 3.53. The van der Waals surface area contributed by atoms with Crippen molar-refractivity contribution in [2.24, 2.45) is 5.73 Å². The Morgan fingerprint density at radius 2 is 2.00 bits per heavy atom. The van der Waals surface area contributed by atoms with Crippen LogP contribution in [0.5, 0.6) is 0 Å². The number of nitrogens with zero attached hydrogens (tertiary/aromatic N) is 2. The first kappa shape index (κ1) is 14.1. The molecular formula is C13H17ClFN3O. The zero-order valence-electron chi connectivity index (χ0n) is 10.8. The molecule has 19 heavy (non-hydrogen) atoms. The molecule has 0 saturated carbocycles. The van der Waals surface area contributed by atoms with Crippen molar-refractivity contribution in [2.45, 2.75) is 13.0 Å². The second-order valence-corrected chi connectivity index (χ2v) is 5.10. The predicted molar refractivity (Wildman–Crippen MR) is 73.9 cm³/mol. The molecule has 1 aliphatic heterocycles. The van der Waals surface area contributed by atoms with Gasteiger partial charge in [-0.05, 0) is 25.1 Å². The van der Waals surface area contributed by atoms with E-state index in [-0.39, 0.29) is 11.7 Å². The van der Waals surface area contributed by atoms with E-state index in [1.54, 1.807) is 17.9 Å². The van der Waals surface area contributed by atoms with Gasteiger partial charge in [0.25, 0.3) is 0 Å². The van der Waals surface area contributed by atoms with Crippen LogP contribution in [0.1, 0.15) is 6.92 Å². The second kappa shape index (κ2) is 5.75. The van der Waals surface area contributed by atoms with E-state index < -0.39 is 6.04 Å². The molecule has 1 atom stereocenters. The van der Waals surface area contributed by atoms with Gasteiger partial charge in [0.05, 0.1) is 16.8 Å². The number of hydrogen-bond acceptors (Lipinski definition) is 3. The van der Waals surface area contributed by atoms with Crippen LogP contribution in [0.3, 0.4) is 0 Å². The molecule has 2 N–H and O–H groups in total. The fourth-order valence-corrected chi connectivity index (χ4v) is 2.48. The van der Waals surface area contributed by atoms with Gasteiger partial charge in [-0.3, -0.25) is 4.79 Å². The first-order valence-corrected chi connectivity index (χ1v) is 6.61. The maximum absolute atomic E-state index is 13.0. The highest BCUT2D eigenvalue weighted by Crippen LogP contribution is 2.27. The van der Waals surface area contributed by atoms with Gasteiger partial charge in [0.2, 0.25) is 5.91 Å². The number of nitrogens with two attached hydrogens (primary N) is 1. The van der Waals surface area contributed by atoms with Gasteiger partial charge in [-0.2, -0.15) is 0 Å². The van der Waals surface area contributed by atoms with Crippen molar-refractivity contribution in [3.63, 3.8) is 0 Å². The molecule has 6 heteroatoms. The Bertz CT molecular complexity index is 473. The van der Waals surface area contributed by atoms with Gasteiger partial charge in [0, 0.05) is 26.2 Å². The second-order valence-electron chi connectivity index (χ2n) is 4.70. The summed E-state index contributed by atoms with van der Waals surface area (Å²) < 4.78 is 13.0. The van der Waals surface area contributed by atoms with Crippen LogP contribution >= 0.6 is 11.6 Å². The van der Waals surface area contributed by atoms with Gasteiger partial charge in [-0.1, -0.05) is 11.6 Å². The highest BCUT2D eigenvalue weighted by atomic mass is 35.5. The molecule has 0 radical (unpaired) electrons. The smallest absolute Gasteiger partial charge is 0.239 e. The number of halogens is 2. The maximum Gasteiger partial charge on any atom is 0.239 e. The molecule has 104 valence electrons. The normalized spacial score (nSPS) is 17.5. The lowest BCUT2D eigenvalue weighted by molar-refractivity contribution is -0.132. The summed E-state index contributed by atoms with van der Waals surface area (Å²) in [5, 5.41) is 0.395. The fraction of sp³-hybridized carbons (Fsp3) is 0.462. The number of carbonyl (C=O) groups is 1. The molecule has 1 unspecified atom stereocenters. The lowest BCUT2D eigenvalue weighted by atomic mass is 10.2. The Labute approximate surface area is 116 Å². The SMILES string of the molecule is CC(N)C(=O)N1CCN(c2ccc(F)cc2Cl)CC1. The van der Waals surface area contributed by atoms with Crippen LogP contribution in [-0.4, -0.2) is 43.0 Å². The predicted octanol–water partition coefficient (Wildman–Crippen LogP) is 1.47. The zero-order chi connectivity index (χ0) is 14.0. The average molecular weight is 286 g/mol. The monoisotopic (exact) mass is 285 g/mol. The molecule has 1 saturated heterocycles. The number of benzene rings is 1. The van der Waals surface area contributed by atoms with E-state index >= 15 is 0 Å². The van der Waals surface area contributed by atoms with Crippen LogP contribution < -0.4 is 10.6 Å². The Hall–Kier alpha value is -1.33. The Kier molecular flexibility index (Phi) is 4.27. The number of anilines is 1. The van der Waals surface area contributed by atoms with Crippen LogP contribution in [0.25, 0.3) is 0 Å². The number of carbonyl (C=O) groups excluding carboxylic acids is 1. The molecule has 1 aliphatic rings. The molecule has 1 fully saturated rings. The zero-order valence-corrected chi connectivity index (χ0v) is 11.5. The standard InChI is InChI=1S/C13H17ClFN3O/c1-9(16)13(19)18-6-4-17(5-7-18)12-3-2-10(15)8-11(12)14/h2-3,8-9H,4-7,16H2,1H3. The van der Waals surface area contributed by atoms with Crippen LogP contribution in [0.2, 0.25) is 5.02 Å². The van der Waals surface area contributed by atoms with Crippen molar-refractivity contribution in [3.05, 3.63) is 29.0 Å². The molecule has 2 rings (SSSR count). The number of piperazine rings is 1. The van der Waals surface area contributed by atoms with E-state index in [1.807, 2.05) is 4.90 Å². The van der Waals surface area contributed by atoms with Crippen LogP contribution in [0.4, 0.5) is 10.1 Å². The first-order chi connectivity index (χ1) is 8.99. The summed E-state index contributed by atoms with van der Waals surface area (Å²) in [4.78, 5) is 15.6. The van der Waals surface area contributed by atoms with Crippen LogP contribution in [-0.2, 0) is 4.79 Å². The fourth-order valence-electron chi connectivity index (χ4n) is 2.19. The van der Waals surface area contributed by atoms with E-state index in [9.17, 15) is 9.18 Å². The summed E-state index contributed by atoms with van der Waals surface area (Å²) in [6.07, 6.45) is 0. The Morgan fingerprint density at radius 3 is 2.53 bits per heavy atom. The summed E-state index contributed by atoms with van der Waals surface area (Å²) in [6.45, 7) is 4.24. The van der Waals surface area contributed by atoms with Crippen LogP contribution in [0, 0.1) is 5.82 Å². The average Bonchev–Trinajstić information content (AvgIpc) is 2.38. The van der Waals surface area contributed by atoms with Crippen molar-refractivity contribution in [1.29, 1.82) is 0 Å². The van der Waals surface area contributed by atoms with Crippen molar-refractivity contribution >= 4 is 23.2 Å². The molecule has 1 amide bonds. The quantitative estimate of drug-likeness (QED) is 0.895. The Morgan fingerprint density at radius 1 is 1.37 bits per heavy atom.